The molecule has 0 saturated heterocycles. The molecule has 0 aromatic heterocycles. The molecule has 34 heavy (non-hydrogen) atoms. The molecule has 1 saturated carbocycles. The van der Waals surface area contributed by atoms with Crippen LogP contribution in [0.3, 0.4) is 0 Å². The lowest BCUT2D eigenvalue weighted by atomic mass is 10.1. The predicted molar refractivity (Wildman–Crippen MR) is 131 cm³/mol. The average Bonchev–Trinajstić information content (AvgIpc) is 3.30. The molecule has 0 unspecified atom stereocenters. The van der Waals surface area contributed by atoms with Gasteiger partial charge in [0.05, 0.1) is 24.2 Å². The van der Waals surface area contributed by atoms with Gasteiger partial charge in [-0.2, -0.15) is 5.10 Å². The lowest BCUT2D eigenvalue weighted by molar-refractivity contribution is -0.385. The van der Waals surface area contributed by atoms with Gasteiger partial charge in [-0.25, -0.2) is 5.43 Å². The van der Waals surface area contributed by atoms with E-state index in [-0.39, 0.29) is 39.9 Å². The van der Waals surface area contributed by atoms with E-state index in [9.17, 15) is 14.9 Å². The highest BCUT2D eigenvalue weighted by atomic mass is 35.5. The third kappa shape index (κ3) is 5.87. The molecule has 1 N–H and O–H groups in total. The normalized spacial score (nSPS) is 18.3. The fraction of sp³-hybridized carbons (Fsp3) is 0.333. The van der Waals surface area contributed by atoms with Gasteiger partial charge in [0.2, 0.25) is 5.91 Å². The van der Waals surface area contributed by atoms with Gasteiger partial charge in [0.1, 0.15) is 22.6 Å². The van der Waals surface area contributed by atoms with E-state index in [1.54, 1.807) is 44.4 Å². The van der Waals surface area contributed by atoms with Crippen molar-refractivity contribution in [2.45, 2.75) is 27.4 Å². The Kier molecular flexibility index (Phi) is 7.84. The molecule has 0 radical (unpaired) electrons. The highest BCUT2D eigenvalue weighted by molar-refractivity contribution is 6.55. The number of nitro benzene ring substituents is 1. The second kappa shape index (κ2) is 10.4. The van der Waals surface area contributed by atoms with Gasteiger partial charge >= 0.3 is 0 Å². The van der Waals surface area contributed by atoms with Crippen molar-refractivity contribution in [3.05, 3.63) is 73.8 Å². The topological polar surface area (TPSA) is 103 Å². The molecule has 2 aromatic rings. The van der Waals surface area contributed by atoms with E-state index in [0.29, 0.717) is 17.1 Å². The van der Waals surface area contributed by atoms with E-state index >= 15 is 0 Å². The van der Waals surface area contributed by atoms with Crippen LogP contribution in [0.2, 0.25) is 0 Å². The Morgan fingerprint density at radius 1 is 1.26 bits per heavy atom. The summed E-state index contributed by atoms with van der Waals surface area (Å²) in [6.45, 7) is 5.78. The number of allylic oxidation sites excluding steroid dienone is 1. The summed E-state index contributed by atoms with van der Waals surface area (Å²) < 4.78 is 11.4. The van der Waals surface area contributed by atoms with Crippen molar-refractivity contribution in [3.8, 4) is 11.5 Å². The third-order valence-corrected chi connectivity index (χ3v) is 6.20. The van der Waals surface area contributed by atoms with Crippen LogP contribution < -0.4 is 14.9 Å². The van der Waals surface area contributed by atoms with E-state index in [4.69, 9.17) is 32.7 Å². The molecule has 0 bridgehead atoms. The first-order valence-electron chi connectivity index (χ1n) is 10.4. The summed E-state index contributed by atoms with van der Waals surface area (Å²) >= 11 is 11.5. The van der Waals surface area contributed by atoms with Crippen molar-refractivity contribution in [1.29, 1.82) is 0 Å². The number of rotatable bonds is 9. The van der Waals surface area contributed by atoms with Gasteiger partial charge in [-0.1, -0.05) is 37.0 Å². The molecule has 2 atom stereocenters. The van der Waals surface area contributed by atoms with Gasteiger partial charge < -0.3 is 9.47 Å². The van der Waals surface area contributed by atoms with Gasteiger partial charge in [-0.05, 0) is 60.2 Å². The maximum Gasteiger partial charge on any atom is 0.272 e. The number of halogens is 2. The molecule has 8 nitrogen and oxygen atoms in total. The molecule has 3 rings (SSSR count). The smallest absolute Gasteiger partial charge is 0.272 e. The van der Waals surface area contributed by atoms with Crippen molar-refractivity contribution in [3.63, 3.8) is 0 Å². The summed E-state index contributed by atoms with van der Waals surface area (Å²) in [5, 5.41) is 15.1. The maximum atomic E-state index is 12.5. The Hall–Kier alpha value is -3.10. The number of aryl methyl sites for hydroxylation is 1. The zero-order valence-electron chi connectivity index (χ0n) is 19.2. The fourth-order valence-corrected chi connectivity index (χ4v) is 4.21. The molecule has 2 aromatic carbocycles. The highest BCUT2D eigenvalue weighted by Gasteiger charge is 2.60. The monoisotopic (exact) mass is 505 g/mol. The van der Waals surface area contributed by atoms with Gasteiger partial charge in [-0.15, -0.1) is 0 Å². The van der Waals surface area contributed by atoms with E-state index in [1.165, 1.54) is 12.3 Å². The van der Waals surface area contributed by atoms with E-state index < -0.39 is 4.92 Å². The van der Waals surface area contributed by atoms with Crippen molar-refractivity contribution in [2.24, 2.45) is 22.4 Å². The fourth-order valence-electron chi connectivity index (χ4n) is 3.94. The van der Waals surface area contributed by atoms with Crippen molar-refractivity contribution in [2.75, 3.05) is 7.11 Å². The number of hydrogen-bond acceptors (Lipinski definition) is 6. The second-order valence-electron chi connectivity index (χ2n) is 8.58. The Balaban J connectivity index is 1.65. The second-order valence-corrected chi connectivity index (χ2v) is 9.59. The number of amides is 1. The zero-order chi connectivity index (χ0) is 25.0. The minimum Gasteiger partial charge on any atom is -0.496 e. The number of hydrazone groups is 1. The molecular weight excluding hydrogens is 481 g/mol. The van der Waals surface area contributed by atoms with Crippen molar-refractivity contribution >= 4 is 41.0 Å². The van der Waals surface area contributed by atoms with Crippen LogP contribution in [0.25, 0.3) is 0 Å². The Bertz CT molecular complexity index is 1160. The first-order chi connectivity index (χ1) is 16.0. The number of carbonyl (C=O) groups excluding carboxylic acids is 1. The number of nitrogens with one attached hydrogen (secondary N) is 1. The maximum absolute atomic E-state index is 12.5. The number of nitro groups is 1. The molecule has 1 fully saturated rings. The number of benzene rings is 2. The van der Waals surface area contributed by atoms with Crippen LogP contribution in [0.4, 0.5) is 5.69 Å². The van der Waals surface area contributed by atoms with Crippen LogP contribution >= 0.6 is 23.2 Å². The molecule has 1 aliphatic rings. The van der Waals surface area contributed by atoms with Crippen LogP contribution in [0.5, 0.6) is 11.5 Å². The SMILES string of the molecule is COc1ccc(/C=N\NC(=O)[C@H]2[C@H](C=C(Cl)Cl)C2(C)C)cc1COc1ccc([N+](=O)[O-])c(C)c1. The lowest BCUT2D eigenvalue weighted by Gasteiger charge is -2.11. The van der Waals surface area contributed by atoms with Crippen LogP contribution in [0.1, 0.15) is 30.5 Å². The minimum absolute atomic E-state index is 0.0351. The minimum atomic E-state index is -0.433. The number of hydrogen-bond donors (Lipinski definition) is 1. The molecule has 1 amide bonds. The molecule has 0 aliphatic heterocycles. The number of carbonyl (C=O) groups is 1. The first-order valence-corrected chi connectivity index (χ1v) is 11.2. The Morgan fingerprint density at radius 3 is 2.62 bits per heavy atom. The van der Waals surface area contributed by atoms with Crippen LogP contribution in [0, 0.1) is 34.3 Å². The summed E-state index contributed by atoms with van der Waals surface area (Å²) in [6, 6.07) is 9.98. The van der Waals surface area contributed by atoms with Crippen LogP contribution in [-0.4, -0.2) is 24.2 Å². The van der Waals surface area contributed by atoms with Crippen LogP contribution in [-0.2, 0) is 11.4 Å². The molecule has 180 valence electrons. The lowest BCUT2D eigenvalue weighted by Crippen LogP contribution is -2.22. The van der Waals surface area contributed by atoms with Gasteiger partial charge in [0.25, 0.3) is 5.69 Å². The molecule has 1 aliphatic carbocycles. The zero-order valence-corrected chi connectivity index (χ0v) is 20.7. The predicted octanol–water partition coefficient (Wildman–Crippen LogP) is 5.53. The Labute approximate surface area is 207 Å². The van der Waals surface area contributed by atoms with Crippen molar-refractivity contribution < 1.29 is 19.2 Å². The summed E-state index contributed by atoms with van der Waals surface area (Å²) in [7, 11) is 1.55. The van der Waals surface area contributed by atoms with Crippen LogP contribution in [0.15, 0.2) is 52.1 Å². The number of methoxy groups -OCH3 is 1. The van der Waals surface area contributed by atoms with E-state index in [1.807, 2.05) is 19.9 Å². The number of ether oxygens (including phenoxy) is 2. The summed E-state index contributed by atoms with van der Waals surface area (Å²) in [5.74, 6) is 0.613. The van der Waals surface area contributed by atoms with Gasteiger partial charge in [0, 0.05) is 17.2 Å². The molecule has 0 heterocycles. The molecular formula is C24H25Cl2N3O5. The van der Waals surface area contributed by atoms with Crippen molar-refractivity contribution in [1.82, 2.24) is 5.43 Å². The summed E-state index contributed by atoms with van der Waals surface area (Å²) in [4.78, 5) is 23.1. The van der Waals surface area contributed by atoms with Gasteiger partial charge in [-0.3, -0.25) is 14.9 Å². The van der Waals surface area contributed by atoms with E-state index in [2.05, 4.69) is 10.5 Å². The Morgan fingerprint density at radius 2 is 2.00 bits per heavy atom. The standard InChI is InChI=1S/C24H25Cl2N3O5/c1-14-9-17(6-7-19(14)29(31)32)34-13-16-10-15(5-8-20(16)33-4)12-27-28-23(30)22-18(11-21(25)26)24(22,2)3/h5-12,18,22H,13H2,1-4H3,(H,28,30)/b27-12-/t18-,22+/m0/s1. The third-order valence-electron chi connectivity index (χ3n) is 5.95. The average molecular weight is 506 g/mol. The number of nitrogens with zero attached hydrogens (tertiary/aromatic N) is 2. The quantitative estimate of drug-likeness (QED) is 0.274. The van der Waals surface area contributed by atoms with E-state index in [0.717, 1.165) is 11.1 Å². The largest absolute Gasteiger partial charge is 0.496 e. The first kappa shape index (κ1) is 25.5. The molecule has 10 heteroatoms. The van der Waals surface area contributed by atoms with Gasteiger partial charge in [0.15, 0.2) is 0 Å². The highest BCUT2D eigenvalue weighted by Crippen LogP contribution is 2.59. The summed E-state index contributed by atoms with van der Waals surface area (Å²) in [6.07, 6.45) is 3.21. The summed E-state index contributed by atoms with van der Waals surface area (Å²) in [5.41, 5.74) is 4.36. The molecule has 0 spiro atoms.